The fraction of sp³-hybridized carbons (Fsp3) is 0. The predicted octanol–water partition coefficient (Wildman–Crippen LogP) is 5.31. The Hall–Kier alpha value is -4.02. The summed E-state index contributed by atoms with van der Waals surface area (Å²) < 4.78 is 0. The van der Waals surface area contributed by atoms with Crippen LogP contribution in [-0.4, -0.2) is 21.7 Å². The molecule has 0 atom stereocenters. The minimum Gasteiger partial charge on any atom is -0.322 e. The van der Waals surface area contributed by atoms with Crippen LogP contribution in [0.2, 0.25) is 10.0 Å². The first-order valence-corrected chi connectivity index (χ1v) is 9.52. The molecule has 2 N–H and O–H groups in total. The van der Waals surface area contributed by atoms with E-state index in [9.17, 15) is 29.8 Å². The number of amides is 2. The summed E-state index contributed by atoms with van der Waals surface area (Å²) in [5.74, 6) is -1.41. The molecule has 162 valence electrons. The molecule has 0 heterocycles. The Morgan fingerprint density at radius 1 is 0.656 bits per heavy atom. The van der Waals surface area contributed by atoms with Gasteiger partial charge in [0.2, 0.25) is 0 Å². The highest BCUT2D eigenvalue weighted by Crippen LogP contribution is 2.28. The van der Waals surface area contributed by atoms with Gasteiger partial charge < -0.3 is 10.6 Å². The molecule has 0 saturated carbocycles. The molecule has 0 aliphatic heterocycles. The van der Waals surface area contributed by atoms with Crippen molar-refractivity contribution in [3.05, 3.63) is 102 Å². The summed E-state index contributed by atoms with van der Waals surface area (Å²) in [5, 5.41) is 26.7. The van der Waals surface area contributed by atoms with Gasteiger partial charge in [0.05, 0.1) is 31.0 Å². The summed E-state index contributed by atoms with van der Waals surface area (Å²) in [6.07, 6.45) is 0. The maximum atomic E-state index is 12.8. The van der Waals surface area contributed by atoms with Crippen molar-refractivity contribution in [1.82, 2.24) is 0 Å². The average Bonchev–Trinajstić information content (AvgIpc) is 2.76. The zero-order valence-corrected chi connectivity index (χ0v) is 17.4. The van der Waals surface area contributed by atoms with Crippen molar-refractivity contribution < 1.29 is 19.4 Å². The second-order valence-corrected chi connectivity index (χ2v) is 7.14. The fourth-order valence-corrected chi connectivity index (χ4v) is 2.98. The number of hydrogen-bond donors (Lipinski definition) is 2. The molecule has 0 radical (unpaired) electrons. The summed E-state index contributed by atoms with van der Waals surface area (Å²) in [4.78, 5) is 45.9. The van der Waals surface area contributed by atoms with Crippen LogP contribution in [0, 0.1) is 20.2 Å². The quantitative estimate of drug-likeness (QED) is 0.365. The van der Waals surface area contributed by atoms with Crippen LogP contribution < -0.4 is 10.6 Å². The highest BCUT2D eigenvalue weighted by Gasteiger charge is 2.21. The molecule has 12 heteroatoms. The fourth-order valence-electron chi connectivity index (χ4n) is 2.65. The summed E-state index contributed by atoms with van der Waals surface area (Å²) in [5.41, 5.74) is 0.0116. The van der Waals surface area contributed by atoms with Crippen molar-refractivity contribution in [3.63, 3.8) is 0 Å². The number of nitrogens with one attached hydrogen (secondary N) is 2. The Labute approximate surface area is 190 Å². The van der Waals surface area contributed by atoms with Gasteiger partial charge in [0.25, 0.3) is 23.2 Å². The predicted molar refractivity (Wildman–Crippen MR) is 119 cm³/mol. The van der Waals surface area contributed by atoms with E-state index >= 15 is 0 Å². The minimum atomic E-state index is -0.703. The maximum Gasteiger partial charge on any atom is 0.269 e. The van der Waals surface area contributed by atoms with Gasteiger partial charge in [0.1, 0.15) is 0 Å². The number of nitro groups is 2. The van der Waals surface area contributed by atoms with Gasteiger partial charge in [-0.2, -0.15) is 0 Å². The third kappa shape index (κ3) is 5.17. The standard InChI is InChI=1S/C20H12Cl2N4O6/c21-17-9-15(19(27)23-11-1-5-13(6-2-11)25(29)30)16(10-18(17)22)20(28)24-12-3-7-14(8-4-12)26(31)32/h1-10H,(H,23,27)(H,24,28). The van der Waals surface area contributed by atoms with Gasteiger partial charge in [-0.15, -0.1) is 0 Å². The van der Waals surface area contributed by atoms with E-state index in [1.807, 2.05) is 0 Å². The van der Waals surface area contributed by atoms with Gasteiger partial charge in [-0.1, -0.05) is 23.2 Å². The second-order valence-electron chi connectivity index (χ2n) is 6.33. The number of benzene rings is 3. The minimum absolute atomic E-state index is 0.0346. The monoisotopic (exact) mass is 474 g/mol. The number of non-ortho nitro benzene ring substituents is 2. The lowest BCUT2D eigenvalue weighted by atomic mass is 10.1. The van der Waals surface area contributed by atoms with Crippen molar-refractivity contribution >= 4 is 57.8 Å². The molecule has 0 spiro atoms. The third-order valence-corrected chi connectivity index (χ3v) is 4.94. The van der Waals surface area contributed by atoms with Crippen LogP contribution in [0.1, 0.15) is 20.7 Å². The number of halogens is 2. The van der Waals surface area contributed by atoms with Crippen molar-refractivity contribution in [3.8, 4) is 0 Å². The van der Waals surface area contributed by atoms with Crippen molar-refractivity contribution in [2.24, 2.45) is 0 Å². The molecule has 0 aliphatic carbocycles. The van der Waals surface area contributed by atoms with E-state index in [-0.39, 0.29) is 43.9 Å². The third-order valence-electron chi connectivity index (χ3n) is 4.22. The Morgan fingerprint density at radius 2 is 0.969 bits per heavy atom. The molecule has 3 rings (SSSR count). The van der Waals surface area contributed by atoms with Crippen molar-refractivity contribution in [1.29, 1.82) is 0 Å². The van der Waals surface area contributed by atoms with E-state index in [4.69, 9.17) is 23.2 Å². The van der Waals surface area contributed by atoms with Gasteiger partial charge in [-0.05, 0) is 36.4 Å². The van der Waals surface area contributed by atoms with Crippen LogP contribution in [0.3, 0.4) is 0 Å². The van der Waals surface area contributed by atoms with E-state index in [0.29, 0.717) is 0 Å². The normalized spacial score (nSPS) is 10.3. The largest absolute Gasteiger partial charge is 0.322 e. The van der Waals surface area contributed by atoms with E-state index < -0.39 is 21.7 Å². The molecular formula is C20H12Cl2N4O6. The van der Waals surface area contributed by atoms with Crippen LogP contribution >= 0.6 is 23.2 Å². The number of carbonyl (C=O) groups is 2. The highest BCUT2D eigenvalue weighted by molar-refractivity contribution is 6.42. The molecule has 0 bridgehead atoms. The Balaban J connectivity index is 1.87. The summed E-state index contributed by atoms with van der Waals surface area (Å²) >= 11 is 12.0. The summed E-state index contributed by atoms with van der Waals surface area (Å²) in [6.45, 7) is 0. The van der Waals surface area contributed by atoms with E-state index in [1.54, 1.807) is 0 Å². The topological polar surface area (TPSA) is 144 Å². The van der Waals surface area contributed by atoms with Crippen molar-refractivity contribution in [2.45, 2.75) is 0 Å². The number of carbonyl (C=O) groups excluding carboxylic acids is 2. The number of nitrogens with zero attached hydrogens (tertiary/aromatic N) is 2. The molecule has 3 aromatic rings. The lowest BCUT2D eigenvalue weighted by Gasteiger charge is -2.12. The highest BCUT2D eigenvalue weighted by atomic mass is 35.5. The molecule has 10 nitrogen and oxygen atoms in total. The number of rotatable bonds is 6. The zero-order chi connectivity index (χ0) is 23.4. The maximum absolute atomic E-state index is 12.8. The van der Waals surface area contributed by atoms with Crippen molar-refractivity contribution in [2.75, 3.05) is 10.6 Å². The molecule has 0 aromatic heterocycles. The first-order chi connectivity index (χ1) is 15.2. The molecule has 32 heavy (non-hydrogen) atoms. The van der Waals surface area contributed by atoms with Gasteiger partial charge in [-0.25, -0.2) is 0 Å². The lowest BCUT2D eigenvalue weighted by Crippen LogP contribution is -2.20. The molecule has 0 saturated heterocycles. The number of hydrogen-bond acceptors (Lipinski definition) is 6. The SMILES string of the molecule is O=C(Nc1ccc([N+](=O)[O-])cc1)c1cc(Cl)c(Cl)cc1C(=O)Nc1ccc([N+](=O)[O-])cc1. The van der Waals surface area contributed by atoms with Crippen LogP contribution in [0.25, 0.3) is 0 Å². The molecule has 3 aromatic carbocycles. The van der Waals surface area contributed by atoms with Crippen LogP contribution in [0.4, 0.5) is 22.7 Å². The molecule has 0 unspecified atom stereocenters. The average molecular weight is 475 g/mol. The first kappa shape index (κ1) is 22.7. The summed E-state index contributed by atoms with van der Waals surface area (Å²) in [6, 6.07) is 12.6. The number of nitro benzene ring substituents is 2. The van der Waals surface area contributed by atoms with Gasteiger partial charge in [0.15, 0.2) is 0 Å². The van der Waals surface area contributed by atoms with E-state index in [2.05, 4.69) is 10.6 Å². The Morgan fingerprint density at radius 3 is 1.25 bits per heavy atom. The zero-order valence-electron chi connectivity index (χ0n) is 15.9. The van der Waals surface area contributed by atoms with Crippen LogP contribution in [0.5, 0.6) is 0 Å². The molecular weight excluding hydrogens is 463 g/mol. The lowest BCUT2D eigenvalue weighted by molar-refractivity contribution is -0.385. The second kappa shape index (κ2) is 9.41. The van der Waals surface area contributed by atoms with Gasteiger partial charge in [0, 0.05) is 35.6 Å². The van der Waals surface area contributed by atoms with Gasteiger partial charge >= 0.3 is 0 Å². The Kier molecular flexibility index (Phi) is 6.67. The molecule has 0 aliphatic rings. The number of anilines is 2. The van der Waals surface area contributed by atoms with Crippen LogP contribution in [0.15, 0.2) is 60.7 Å². The van der Waals surface area contributed by atoms with Gasteiger partial charge in [-0.3, -0.25) is 29.8 Å². The molecule has 2 amide bonds. The smallest absolute Gasteiger partial charge is 0.269 e. The Bertz CT molecular complexity index is 1130. The molecule has 0 fully saturated rings. The first-order valence-electron chi connectivity index (χ1n) is 8.76. The van der Waals surface area contributed by atoms with Crippen LogP contribution in [-0.2, 0) is 0 Å². The van der Waals surface area contributed by atoms with E-state index in [0.717, 1.165) is 0 Å². The summed E-state index contributed by atoms with van der Waals surface area (Å²) in [7, 11) is 0. The van der Waals surface area contributed by atoms with E-state index in [1.165, 1.54) is 60.7 Å².